The van der Waals surface area contributed by atoms with Crippen LogP contribution in [0.4, 0.5) is 5.95 Å². The molecule has 0 saturated carbocycles. The van der Waals surface area contributed by atoms with Crippen LogP contribution in [-0.4, -0.2) is 28.4 Å². The zero-order valence-electron chi connectivity index (χ0n) is 14.6. The second-order valence-corrected chi connectivity index (χ2v) is 5.89. The number of methoxy groups -OCH3 is 1. The summed E-state index contributed by atoms with van der Waals surface area (Å²) in [5, 5.41) is 23.1. The highest BCUT2D eigenvalue weighted by atomic mass is 35.5. The number of aromatic amines is 1. The molecule has 0 fully saturated rings. The van der Waals surface area contributed by atoms with E-state index in [1.165, 1.54) is 19.4 Å². The van der Waals surface area contributed by atoms with Crippen LogP contribution in [0.3, 0.4) is 0 Å². The number of phenols is 1. The van der Waals surface area contributed by atoms with Gasteiger partial charge >= 0.3 is 0 Å². The van der Waals surface area contributed by atoms with Crippen molar-refractivity contribution in [2.45, 2.75) is 0 Å². The van der Waals surface area contributed by atoms with Crippen LogP contribution in [0.25, 0.3) is 11.3 Å². The van der Waals surface area contributed by atoms with Crippen LogP contribution in [0.1, 0.15) is 11.1 Å². The Labute approximate surface area is 164 Å². The van der Waals surface area contributed by atoms with Gasteiger partial charge in [-0.1, -0.05) is 41.9 Å². The Morgan fingerprint density at radius 1 is 1.32 bits per heavy atom. The summed E-state index contributed by atoms with van der Waals surface area (Å²) < 4.78 is 5.03. The number of hydrogen-bond acceptors (Lipinski definition) is 7. The molecule has 9 heteroatoms. The first kappa shape index (κ1) is 18.9. The van der Waals surface area contributed by atoms with Gasteiger partial charge in [-0.05, 0) is 12.1 Å². The van der Waals surface area contributed by atoms with Crippen LogP contribution >= 0.6 is 11.6 Å². The van der Waals surface area contributed by atoms with Gasteiger partial charge in [-0.3, -0.25) is 9.78 Å². The number of halogens is 1. The lowest BCUT2D eigenvalue weighted by Gasteiger charge is -2.08. The van der Waals surface area contributed by atoms with Crippen molar-refractivity contribution in [3.05, 3.63) is 69.0 Å². The molecule has 3 rings (SSSR count). The van der Waals surface area contributed by atoms with Crippen LogP contribution in [0.5, 0.6) is 11.5 Å². The Hall–Kier alpha value is -3.83. The Morgan fingerprint density at radius 2 is 2.07 bits per heavy atom. The predicted molar refractivity (Wildman–Crippen MR) is 106 cm³/mol. The first-order valence-corrected chi connectivity index (χ1v) is 8.37. The van der Waals surface area contributed by atoms with Crippen LogP contribution in [-0.2, 0) is 0 Å². The van der Waals surface area contributed by atoms with E-state index in [-0.39, 0.29) is 33.7 Å². The number of H-pyrrole nitrogens is 1. The lowest BCUT2D eigenvalue weighted by atomic mass is 10.1. The van der Waals surface area contributed by atoms with Crippen LogP contribution in [0.15, 0.2) is 52.4 Å². The quantitative estimate of drug-likeness (QED) is 0.450. The SMILES string of the molecule is COc1c(O)ccc(C=NNc2nc(-c3ccccc3)c(C#N)c(=O)[nH]2)c1Cl. The Bertz CT molecular complexity index is 1140. The van der Waals surface area contributed by atoms with Gasteiger partial charge in [0.2, 0.25) is 5.95 Å². The second-order valence-electron chi connectivity index (χ2n) is 5.51. The van der Waals surface area contributed by atoms with Gasteiger partial charge in [0, 0.05) is 11.1 Å². The summed E-state index contributed by atoms with van der Waals surface area (Å²) in [7, 11) is 1.39. The largest absolute Gasteiger partial charge is 0.504 e. The predicted octanol–water partition coefficient (Wildman–Crippen LogP) is 3.12. The normalized spacial score (nSPS) is 10.6. The molecule has 1 aromatic heterocycles. The Balaban J connectivity index is 1.92. The van der Waals surface area contributed by atoms with E-state index in [4.69, 9.17) is 16.3 Å². The van der Waals surface area contributed by atoms with E-state index in [0.717, 1.165) is 0 Å². The minimum absolute atomic E-state index is 0.0565. The van der Waals surface area contributed by atoms with E-state index in [1.807, 2.05) is 12.1 Å². The van der Waals surface area contributed by atoms with Gasteiger partial charge in [-0.25, -0.2) is 10.4 Å². The zero-order chi connectivity index (χ0) is 20.1. The fourth-order valence-corrected chi connectivity index (χ4v) is 2.74. The Morgan fingerprint density at radius 3 is 2.75 bits per heavy atom. The highest BCUT2D eigenvalue weighted by Gasteiger charge is 2.13. The molecule has 8 nitrogen and oxygen atoms in total. The first-order chi connectivity index (χ1) is 13.5. The number of nitriles is 1. The van der Waals surface area contributed by atoms with Crippen molar-refractivity contribution in [1.29, 1.82) is 5.26 Å². The van der Waals surface area contributed by atoms with Crippen molar-refractivity contribution in [2.75, 3.05) is 12.5 Å². The fourth-order valence-electron chi connectivity index (χ4n) is 2.45. The number of benzene rings is 2. The number of aromatic hydroxyl groups is 1. The third-order valence-electron chi connectivity index (χ3n) is 3.76. The highest BCUT2D eigenvalue weighted by molar-refractivity contribution is 6.34. The molecule has 0 atom stereocenters. The van der Waals surface area contributed by atoms with Gasteiger partial charge < -0.3 is 9.84 Å². The molecule has 28 heavy (non-hydrogen) atoms. The Kier molecular flexibility index (Phi) is 5.58. The molecular formula is C19H14ClN5O3. The molecule has 3 aromatic rings. The van der Waals surface area contributed by atoms with Gasteiger partial charge in [0.25, 0.3) is 5.56 Å². The molecule has 0 aliphatic rings. The van der Waals surface area contributed by atoms with Gasteiger partial charge in [-0.2, -0.15) is 10.4 Å². The third-order valence-corrected chi connectivity index (χ3v) is 4.15. The average molecular weight is 396 g/mol. The smallest absolute Gasteiger partial charge is 0.270 e. The van der Waals surface area contributed by atoms with E-state index < -0.39 is 5.56 Å². The number of ether oxygens (including phenoxy) is 1. The summed E-state index contributed by atoms with van der Waals surface area (Å²) in [5.74, 6) is 0.0889. The maximum atomic E-state index is 12.2. The highest BCUT2D eigenvalue weighted by Crippen LogP contribution is 2.35. The van der Waals surface area contributed by atoms with Gasteiger partial charge in [-0.15, -0.1) is 0 Å². The average Bonchev–Trinajstić information content (AvgIpc) is 2.70. The molecule has 0 radical (unpaired) electrons. The van der Waals surface area contributed by atoms with Crippen molar-refractivity contribution < 1.29 is 9.84 Å². The summed E-state index contributed by atoms with van der Waals surface area (Å²) >= 11 is 6.15. The fraction of sp³-hybridized carbons (Fsp3) is 0.0526. The van der Waals surface area contributed by atoms with E-state index in [9.17, 15) is 15.2 Å². The number of aromatic nitrogens is 2. The van der Waals surface area contributed by atoms with Crippen molar-refractivity contribution in [3.8, 4) is 28.8 Å². The molecule has 0 aliphatic heterocycles. The van der Waals surface area contributed by atoms with E-state index in [1.54, 1.807) is 30.3 Å². The molecule has 0 saturated heterocycles. The molecule has 140 valence electrons. The standard InChI is InChI=1S/C19H14ClN5O3/c1-28-17-14(26)8-7-12(15(17)20)10-22-25-19-23-16(11-5-3-2-4-6-11)13(9-21)18(27)24-19/h2-8,10,26H,1H3,(H2,23,24,25,27). The van der Waals surface area contributed by atoms with Crippen molar-refractivity contribution in [2.24, 2.45) is 5.10 Å². The summed E-state index contributed by atoms with van der Waals surface area (Å²) in [5.41, 5.74) is 3.28. The summed E-state index contributed by atoms with van der Waals surface area (Å²) in [6.07, 6.45) is 1.38. The summed E-state index contributed by atoms with van der Waals surface area (Å²) in [6, 6.07) is 13.7. The molecule has 3 N–H and O–H groups in total. The molecular weight excluding hydrogens is 382 g/mol. The number of nitrogens with one attached hydrogen (secondary N) is 2. The van der Waals surface area contributed by atoms with Crippen molar-refractivity contribution in [3.63, 3.8) is 0 Å². The van der Waals surface area contributed by atoms with E-state index in [2.05, 4.69) is 20.5 Å². The molecule has 0 amide bonds. The molecule has 0 bridgehead atoms. The zero-order valence-corrected chi connectivity index (χ0v) is 15.4. The van der Waals surface area contributed by atoms with Gasteiger partial charge in [0.05, 0.1) is 24.0 Å². The first-order valence-electron chi connectivity index (χ1n) is 7.99. The number of hydrazone groups is 1. The van der Waals surface area contributed by atoms with Crippen LogP contribution < -0.4 is 15.7 Å². The van der Waals surface area contributed by atoms with E-state index in [0.29, 0.717) is 11.1 Å². The summed E-state index contributed by atoms with van der Waals surface area (Å²) in [6.45, 7) is 0. The van der Waals surface area contributed by atoms with Gasteiger partial charge in [0.15, 0.2) is 11.5 Å². The number of phenolic OH excluding ortho intramolecular Hbond substituents is 1. The molecule has 0 unspecified atom stereocenters. The molecule has 0 spiro atoms. The second kappa shape index (κ2) is 8.24. The van der Waals surface area contributed by atoms with Crippen LogP contribution in [0, 0.1) is 11.3 Å². The number of hydrogen-bond donors (Lipinski definition) is 3. The molecule has 0 aliphatic carbocycles. The lowest BCUT2D eigenvalue weighted by Crippen LogP contribution is -2.16. The van der Waals surface area contributed by atoms with Gasteiger partial charge in [0.1, 0.15) is 11.6 Å². The van der Waals surface area contributed by atoms with E-state index >= 15 is 0 Å². The lowest BCUT2D eigenvalue weighted by molar-refractivity contribution is 0.373. The van der Waals surface area contributed by atoms with Crippen molar-refractivity contribution >= 4 is 23.8 Å². The topological polar surface area (TPSA) is 123 Å². The summed E-state index contributed by atoms with van der Waals surface area (Å²) in [4.78, 5) is 18.9. The molecule has 2 aromatic carbocycles. The number of nitrogens with zero attached hydrogens (tertiary/aromatic N) is 3. The number of anilines is 1. The number of rotatable bonds is 5. The van der Waals surface area contributed by atoms with Crippen LogP contribution in [0.2, 0.25) is 5.02 Å². The van der Waals surface area contributed by atoms with Crippen molar-refractivity contribution in [1.82, 2.24) is 9.97 Å². The maximum absolute atomic E-state index is 12.2. The third kappa shape index (κ3) is 3.79. The maximum Gasteiger partial charge on any atom is 0.270 e. The minimum Gasteiger partial charge on any atom is -0.504 e. The minimum atomic E-state index is -0.585. The molecule has 1 heterocycles. The monoisotopic (exact) mass is 395 g/mol.